The number of amides is 2. The molecule has 0 unspecified atom stereocenters. The van der Waals surface area contributed by atoms with Crippen molar-refractivity contribution in [3.8, 4) is 0 Å². The molecule has 0 aliphatic carbocycles. The molecule has 1 N–H and O–H groups in total. The Morgan fingerprint density at radius 3 is 2.69 bits per heavy atom. The van der Waals surface area contributed by atoms with Crippen LogP contribution in [0.2, 0.25) is 0 Å². The fourth-order valence-corrected chi connectivity index (χ4v) is 3.42. The second-order valence-electron chi connectivity index (χ2n) is 7.46. The molecule has 2 amide bonds. The van der Waals surface area contributed by atoms with Crippen molar-refractivity contribution in [2.45, 2.75) is 40.0 Å². The van der Waals surface area contributed by atoms with Crippen LogP contribution in [0.5, 0.6) is 0 Å². The molecule has 2 aromatic rings. The number of rotatable bonds is 5. The Hall–Kier alpha value is -2.62. The molecule has 0 aromatic heterocycles. The van der Waals surface area contributed by atoms with E-state index in [1.54, 1.807) is 0 Å². The predicted molar refractivity (Wildman–Crippen MR) is 105 cm³/mol. The van der Waals surface area contributed by atoms with Crippen LogP contribution in [0.4, 0.5) is 11.4 Å². The Kier molecular flexibility index (Phi) is 5.40. The van der Waals surface area contributed by atoms with E-state index in [4.69, 9.17) is 0 Å². The summed E-state index contributed by atoms with van der Waals surface area (Å²) in [5, 5.41) is 2.98. The fourth-order valence-electron chi connectivity index (χ4n) is 3.42. The highest BCUT2D eigenvalue weighted by molar-refractivity contribution is 5.98. The molecule has 136 valence electrons. The highest BCUT2D eigenvalue weighted by Crippen LogP contribution is 2.31. The van der Waals surface area contributed by atoms with Gasteiger partial charge in [0.25, 0.3) is 0 Å². The maximum atomic E-state index is 12.3. The lowest BCUT2D eigenvalue weighted by Crippen LogP contribution is -2.37. The number of nitrogens with zero attached hydrogens (tertiary/aromatic N) is 1. The number of hydrogen-bond donors (Lipinski definition) is 1. The lowest BCUT2D eigenvalue weighted by atomic mass is 9.99. The van der Waals surface area contributed by atoms with E-state index in [1.165, 1.54) is 0 Å². The van der Waals surface area contributed by atoms with Gasteiger partial charge < -0.3 is 10.2 Å². The first-order valence-electron chi connectivity index (χ1n) is 9.21. The molecule has 4 heteroatoms. The van der Waals surface area contributed by atoms with E-state index >= 15 is 0 Å². The lowest BCUT2D eigenvalue weighted by molar-refractivity contribution is -0.119. The minimum Gasteiger partial charge on any atom is -0.326 e. The van der Waals surface area contributed by atoms with Crippen molar-refractivity contribution in [3.63, 3.8) is 0 Å². The number of benzene rings is 2. The van der Waals surface area contributed by atoms with E-state index in [0.717, 1.165) is 41.0 Å². The number of fused-ring (bicyclic) bond motifs is 1. The molecule has 1 aliphatic heterocycles. The maximum absolute atomic E-state index is 12.3. The van der Waals surface area contributed by atoms with Crippen LogP contribution in [0.3, 0.4) is 0 Å². The van der Waals surface area contributed by atoms with Gasteiger partial charge in [0.05, 0.1) is 6.42 Å². The number of anilines is 2. The molecule has 1 heterocycles. The first kappa shape index (κ1) is 18.2. The summed E-state index contributed by atoms with van der Waals surface area (Å²) in [6.07, 6.45) is 1.61. The van der Waals surface area contributed by atoms with Crippen LogP contribution in [-0.2, 0) is 22.4 Å². The van der Waals surface area contributed by atoms with E-state index in [0.29, 0.717) is 18.8 Å². The first-order chi connectivity index (χ1) is 12.4. The van der Waals surface area contributed by atoms with Gasteiger partial charge in [-0.3, -0.25) is 9.59 Å². The van der Waals surface area contributed by atoms with Gasteiger partial charge in [0.15, 0.2) is 0 Å². The average Bonchev–Trinajstić information content (AvgIpc) is 2.57. The molecule has 0 bridgehead atoms. The Labute approximate surface area is 155 Å². The van der Waals surface area contributed by atoms with Crippen molar-refractivity contribution in [2.75, 3.05) is 16.8 Å². The van der Waals surface area contributed by atoms with E-state index < -0.39 is 0 Å². The van der Waals surface area contributed by atoms with Crippen molar-refractivity contribution in [1.82, 2.24) is 0 Å². The summed E-state index contributed by atoms with van der Waals surface area (Å²) in [6.45, 7) is 6.98. The van der Waals surface area contributed by atoms with Crippen LogP contribution in [0.25, 0.3) is 0 Å². The molecule has 3 rings (SSSR count). The quantitative estimate of drug-likeness (QED) is 0.882. The van der Waals surface area contributed by atoms with Gasteiger partial charge in [-0.25, -0.2) is 0 Å². The molecule has 1 aliphatic rings. The molecule has 0 radical (unpaired) electrons. The summed E-state index contributed by atoms with van der Waals surface area (Å²) in [7, 11) is 0. The number of aryl methyl sites for hydroxylation is 2. The molecule has 2 aromatic carbocycles. The van der Waals surface area contributed by atoms with Crippen molar-refractivity contribution < 1.29 is 9.59 Å². The van der Waals surface area contributed by atoms with Crippen molar-refractivity contribution in [1.29, 1.82) is 0 Å². The Balaban J connectivity index is 1.72. The number of carbonyl (C=O) groups is 2. The second kappa shape index (κ2) is 7.73. The van der Waals surface area contributed by atoms with Gasteiger partial charge in [-0.2, -0.15) is 0 Å². The van der Waals surface area contributed by atoms with Crippen LogP contribution in [0, 0.1) is 12.8 Å². The molecule has 0 saturated heterocycles. The lowest BCUT2D eigenvalue weighted by Gasteiger charge is -2.31. The molecular formula is C22H26N2O2. The third-order valence-corrected chi connectivity index (χ3v) is 4.56. The average molecular weight is 350 g/mol. The third kappa shape index (κ3) is 4.31. The van der Waals surface area contributed by atoms with E-state index in [9.17, 15) is 9.59 Å². The molecule has 4 nitrogen and oxygen atoms in total. The molecule has 0 saturated carbocycles. The van der Waals surface area contributed by atoms with Gasteiger partial charge in [0.2, 0.25) is 11.8 Å². The van der Waals surface area contributed by atoms with Gasteiger partial charge in [-0.1, -0.05) is 43.7 Å². The first-order valence-corrected chi connectivity index (χ1v) is 9.21. The molecule has 0 fully saturated rings. The van der Waals surface area contributed by atoms with Crippen molar-refractivity contribution >= 4 is 23.2 Å². The van der Waals surface area contributed by atoms with Crippen LogP contribution in [0.15, 0.2) is 42.5 Å². The summed E-state index contributed by atoms with van der Waals surface area (Å²) in [4.78, 5) is 26.5. The van der Waals surface area contributed by atoms with Crippen LogP contribution >= 0.6 is 0 Å². The van der Waals surface area contributed by atoms with E-state index in [1.807, 2.05) is 54.3 Å². The standard InChI is InChI=1S/C22H26N2O2/c1-15(2)14-24-20-9-8-19(13-18(20)7-10-22(24)26)23-21(25)12-17-6-4-5-16(3)11-17/h4-6,8-9,11,13,15H,7,10,12,14H2,1-3H3,(H,23,25). The highest BCUT2D eigenvalue weighted by atomic mass is 16.2. The van der Waals surface area contributed by atoms with Crippen LogP contribution in [0.1, 0.15) is 37.0 Å². The zero-order valence-electron chi connectivity index (χ0n) is 15.7. The normalized spacial score (nSPS) is 13.7. The molecule has 26 heavy (non-hydrogen) atoms. The molecule has 0 spiro atoms. The summed E-state index contributed by atoms with van der Waals surface area (Å²) in [5.74, 6) is 0.572. The number of hydrogen-bond acceptors (Lipinski definition) is 2. The predicted octanol–water partition coefficient (Wildman–Crippen LogP) is 4.11. The summed E-state index contributed by atoms with van der Waals surface area (Å²) in [6, 6.07) is 13.8. The maximum Gasteiger partial charge on any atom is 0.228 e. The van der Waals surface area contributed by atoms with Gasteiger partial charge >= 0.3 is 0 Å². The van der Waals surface area contributed by atoms with Crippen LogP contribution in [-0.4, -0.2) is 18.4 Å². The van der Waals surface area contributed by atoms with Gasteiger partial charge in [0.1, 0.15) is 0 Å². The zero-order chi connectivity index (χ0) is 18.7. The fraction of sp³-hybridized carbons (Fsp3) is 0.364. The van der Waals surface area contributed by atoms with Gasteiger partial charge in [-0.05, 0) is 48.6 Å². The van der Waals surface area contributed by atoms with E-state index in [-0.39, 0.29) is 11.8 Å². The Bertz CT molecular complexity index is 827. The van der Waals surface area contributed by atoms with Gasteiger partial charge in [0, 0.05) is 24.3 Å². The van der Waals surface area contributed by atoms with Gasteiger partial charge in [-0.15, -0.1) is 0 Å². The Morgan fingerprint density at radius 1 is 1.15 bits per heavy atom. The minimum absolute atomic E-state index is 0.0264. The Morgan fingerprint density at radius 2 is 1.96 bits per heavy atom. The highest BCUT2D eigenvalue weighted by Gasteiger charge is 2.24. The second-order valence-corrected chi connectivity index (χ2v) is 7.46. The largest absolute Gasteiger partial charge is 0.326 e. The van der Waals surface area contributed by atoms with E-state index in [2.05, 4.69) is 19.2 Å². The summed E-state index contributed by atoms with van der Waals surface area (Å²) >= 11 is 0. The summed E-state index contributed by atoms with van der Waals surface area (Å²) in [5.41, 5.74) is 5.05. The smallest absolute Gasteiger partial charge is 0.228 e. The summed E-state index contributed by atoms with van der Waals surface area (Å²) < 4.78 is 0. The molecule has 0 atom stereocenters. The third-order valence-electron chi connectivity index (χ3n) is 4.56. The number of nitrogens with one attached hydrogen (secondary N) is 1. The van der Waals surface area contributed by atoms with Crippen molar-refractivity contribution in [2.24, 2.45) is 5.92 Å². The van der Waals surface area contributed by atoms with Crippen LogP contribution < -0.4 is 10.2 Å². The number of carbonyl (C=O) groups excluding carboxylic acids is 2. The zero-order valence-corrected chi connectivity index (χ0v) is 15.7. The topological polar surface area (TPSA) is 49.4 Å². The minimum atomic E-state index is -0.0264. The van der Waals surface area contributed by atoms with Crippen molar-refractivity contribution in [3.05, 3.63) is 59.2 Å². The molecular weight excluding hydrogens is 324 g/mol. The monoisotopic (exact) mass is 350 g/mol. The SMILES string of the molecule is Cc1cccc(CC(=O)Nc2ccc3c(c2)CCC(=O)N3CC(C)C)c1.